The zero-order valence-electron chi connectivity index (χ0n) is 41.0. The number of unbranched alkanes of at least 4 members (excludes halogenated alkanes) is 9. The fourth-order valence-corrected chi connectivity index (χ4v) is 6.22. The van der Waals surface area contributed by atoms with Crippen molar-refractivity contribution in [2.75, 3.05) is 19.8 Å². The molecule has 64 heavy (non-hydrogen) atoms. The van der Waals surface area contributed by atoms with E-state index in [0.29, 0.717) is 19.4 Å². The van der Waals surface area contributed by atoms with Gasteiger partial charge < -0.3 is 14.2 Å². The molecule has 5 heteroatoms. The van der Waals surface area contributed by atoms with Crippen LogP contribution in [-0.2, 0) is 23.8 Å². The minimum atomic E-state index is -0.613. The first kappa shape index (κ1) is 59.8. The summed E-state index contributed by atoms with van der Waals surface area (Å²) in [4.78, 5) is 25.4. The van der Waals surface area contributed by atoms with Crippen LogP contribution in [-0.4, -0.2) is 37.9 Å². The smallest absolute Gasteiger partial charge is 0.306 e. The summed E-state index contributed by atoms with van der Waals surface area (Å²) in [7, 11) is 0. The van der Waals surface area contributed by atoms with Gasteiger partial charge >= 0.3 is 11.9 Å². The minimum absolute atomic E-state index is 0.0230. The molecule has 0 bridgehead atoms. The predicted molar refractivity (Wildman–Crippen MR) is 278 cm³/mol. The topological polar surface area (TPSA) is 61.8 Å². The second-order valence-corrected chi connectivity index (χ2v) is 15.9. The lowest BCUT2D eigenvalue weighted by Crippen LogP contribution is -2.30. The first-order valence-electron chi connectivity index (χ1n) is 25.4. The van der Waals surface area contributed by atoms with Gasteiger partial charge in [0.1, 0.15) is 6.61 Å². The first-order valence-corrected chi connectivity index (χ1v) is 25.4. The van der Waals surface area contributed by atoms with Gasteiger partial charge in [0.2, 0.25) is 0 Å². The molecule has 0 spiro atoms. The first-order chi connectivity index (χ1) is 31.6. The molecule has 0 aromatic heterocycles. The lowest BCUT2D eigenvalue weighted by atomic mass is 10.1. The molecule has 1 unspecified atom stereocenters. The van der Waals surface area contributed by atoms with Crippen molar-refractivity contribution in [1.82, 2.24) is 0 Å². The molecule has 0 aliphatic carbocycles. The molecule has 0 saturated heterocycles. The number of hydrogen-bond acceptors (Lipinski definition) is 5. The van der Waals surface area contributed by atoms with Crippen molar-refractivity contribution in [2.24, 2.45) is 0 Å². The highest BCUT2D eigenvalue weighted by molar-refractivity contribution is 5.70. The molecule has 0 aromatic carbocycles. The highest BCUT2D eigenvalue weighted by Gasteiger charge is 2.17. The maximum atomic E-state index is 12.8. The van der Waals surface area contributed by atoms with Crippen LogP contribution in [0.2, 0.25) is 0 Å². The maximum Gasteiger partial charge on any atom is 0.306 e. The van der Waals surface area contributed by atoms with Crippen LogP contribution >= 0.6 is 0 Å². The van der Waals surface area contributed by atoms with E-state index in [1.165, 1.54) is 25.7 Å². The predicted octanol–water partition coefficient (Wildman–Crippen LogP) is 17.3. The number of carbonyl (C=O) groups excluding carboxylic acids is 2. The van der Waals surface area contributed by atoms with Gasteiger partial charge in [0.15, 0.2) is 6.10 Å². The Bertz CT molecular complexity index is 1410. The summed E-state index contributed by atoms with van der Waals surface area (Å²) in [5.74, 6) is -0.511. The van der Waals surface area contributed by atoms with E-state index in [9.17, 15) is 9.59 Å². The van der Waals surface area contributed by atoms with Gasteiger partial charge in [-0.15, -0.1) is 0 Å². The molecule has 0 fully saturated rings. The van der Waals surface area contributed by atoms with Crippen molar-refractivity contribution in [1.29, 1.82) is 0 Å². The number of hydrogen-bond donors (Lipinski definition) is 0. The van der Waals surface area contributed by atoms with Crippen molar-refractivity contribution in [3.63, 3.8) is 0 Å². The van der Waals surface area contributed by atoms with Crippen LogP contribution in [0.5, 0.6) is 0 Å². The normalized spacial score (nSPS) is 13.5. The number of rotatable bonds is 44. The van der Waals surface area contributed by atoms with E-state index in [4.69, 9.17) is 14.2 Å². The minimum Gasteiger partial charge on any atom is -0.462 e. The average molecular weight is 881 g/mol. The van der Waals surface area contributed by atoms with Crippen molar-refractivity contribution >= 4 is 11.9 Å². The van der Waals surface area contributed by atoms with E-state index in [1.54, 1.807) is 0 Å². The largest absolute Gasteiger partial charge is 0.462 e. The molecule has 0 aliphatic heterocycles. The Balaban J connectivity index is 4.50. The van der Waals surface area contributed by atoms with Crippen molar-refractivity contribution < 1.29 is 23.8 Å². The fraction of sp³-hybridized carbons (Fsp3) is 0.559. The molecule has 0 N–H and O–H groups in total. The Kier molecular flexibility index (Phi) is 49.6. The summed E-state index contributed by atoms with van der Waals surface area (Å²) in [6.07, 6.45) is 77.3. The van der Waals surface area contributed by atoms with Gasteiger partial charge in [-0.05, 0) is 122 Å². The summed E-state index contributed by atoms with van der Waals surface area (Å²) >= 11 is 0. The zero-order chi connectivity index (χ0) is 46.3. The third kappa shape index (κ3) is 50.4. The number of carbonyl (C=O) groups is 2. The maximum absolute atomic E-state index is 12.8. The lowest BCUT2D eigenvalue weighted by Gasteiger charge is -2.18. The van der Waals surface area contributed by atoms with Crippen molar-refractivity contribution in [3.05, 3.63) is 146 Å². The Hall–Kier alpha value is -4.22. The van der Waals surface area contributed by atoms with Gasteiger partial charge in [-0.2, -0.15) is 0 Å². The number of ether oxygens (including phenoxy) is 3. The Morgan fingerprint density at radius 1 is 0.344 bits per heavy atom. The molecule has 0 heterocycles. The Morgan fingerprint density at radius 3 is 1.08 bits per heavy atom. The summed E-state index contributed by atoms with van der Waals surface area (Å²) in [5, 5.41) is 0. The van der Waals surface area contributed by atoms with Gasteiger partial charge in [-0.3, -0.25) is 9.59 Å². The van der Waals surface area contributed by atoms with E-state index in [1.807, 2.05) is 0 Å². The molecule has 0 aliphatic rings. The molecule has 358 valence electrons. The number of esters is 2. The molecule has 1 atom stereocenters. The van der Waals surface area contributed by atoms with Gasteiger partial charge in [-0.1, -0.05) is 199 Å². The van der Waals surface area contributed by atoms with E-state index < -0.39 is 6.10 Å². The SMILES string of the molecule is CC/C=C\C/C=C\C/C=C\C/C=C\C/C=C\CCOCC(COC(=O)CCCCCCCCC/C=C\C/C=C\C/C=C\CC)OC(=O)CCCC/C=C\C/C=C\C/C=C\C/C=C\CC. The third-order valence-electron chi connectivity index (χ3n) is 9.87. The molecular weight excluding hydrogens is 789 g/mol. The van der Waals surface area contributed by atoms with E-state index in [0.717, 1.165) is 128 Å². The second-order valence-electron chi connectivity index (χ2n) is 15.9. The zero-order valence-corrected chi connectivity index (χ0v) is 41.0. The van der Waals surface area contributed by atoms with Crippen LogP contribution in [0, 0.1) is 0 Å². The second kappa shape index (κ2) is 53.1. The average Bonchev–Trinajstić information content (AvgIpc) is 3.30. The molecule has 5 nitrogen and oxygen atoms in total. The van der Waals surface area contributed by atoms with Gasteiger partial charge in [0.05, 0.1) is 13.2 Å². The standard InChI is InChI=1S/C59H92O5/c1-4-7-10-13-16-19-22-25-28-30-32-34-37-40-43-46-49-52-58(60)63-56-57(55-62-54-51-48-45-42-39-36-33-29-26-23-20-17-14-11-8-5-2)64-59(61)53-50-47-44-41-38-35-31-27-24-21-18-15-12-9-6-3/h7-12,16-21,25-29,31,36,38-39,41,45,48,57H,4-6,13-15,22-24,30,32-35,37,40,42-44,46-47,49-56H2,1-3H3/b10-7-,11-8-,12-9-,19-16-,20-17-,21-18-,28-25-,29-26-,31-27-,39-36-,41-38-,48-45-. The van der Waals surface area contributed by atoms with Crippen molar-refractivity contribution in [2.45, 2.75) is 194 Å². The Labute approximate surface area is 393 Å². The van der Waals surface area contributed by atoms with Crippen LogP contribution in [0.1, 0.15) is 188 Å². The van der Waals surface area contributed by atoms with Gasteiger partial charge in [-0.25, -0.2) is 0 Å². The highest BCUT2D eigenvalue weighted by Crippen LogP contribution is 2.12. The van der Waals surface area contributed by atoms with Crippen LogP contribution < -0.4 is 0 Å². The Morgan fingerprint density at radius 2 is 0.656 bits per heavy atom. The van der Waals surface area contributed by atoms with Gasteiger partial charge in [0, 0.05) is 12.8 Å². The fourth-order valence-electron chi connectivity index (χ4n) is 6.22. The van der Waals surface area contributed by atoms with Gasteiger partial charge in [0.25, 0.3) is 0 Å². The quantitative estimate of drug-likeness (QED) is 0.0347. The highest BCUT2D eigenvalue weighted by atomic mass is 16.6. The summed E-state index contributed by atoms with van der Waals surface area (Å²) < 4.78 is 17.2. The third-order valence-corrected chi connectivity index (χ3v) is 9.87. The molecule has 0 aromatic rings. The monoisotopic (exact) mass is 881 g/mol. The molecule has 0 radical (unpaired) electrons. The van der Waals surface area contributed by atoms with Crippen LogP contribution in [0.3, 0.4) is 0 Å². The molecular formula is C59H92O5. The molecule has 0 rings (SSSR count). The molecule has 0 saturated carbocycles. The van der Waals surface area contributed by atoms with Crippen LogP contribution in [0.25, 0.3) is 0 Å². The molecule has 0 amide bonds. The summed E-state index contributed by atoms with van der Waals surface area (Å²) in [5.41, 5.74) is 0. The van der Waals surface area contributed by atoms with E-state index >= 15 is 0 Å². The lowest BCUT2D eigenvalue weighted by molar-refractivity contribution is -0.162. The van der Waals surface area contributed by atoms with E-state index in [-0.39, 0.29) is 25.2 Å². The van der Waals surface area contributed by atoms with Crippen LogP contribution in [0.15, 0.2) is 146 Å². The van der Waals surface area contributed by atoms with Crippen molar-refractivity contribution in [3.8, 4) is 0 Å². The summed E-state index contributed by atoms with van der Waals surface area (Å²) in [6, 6.07) is 0. The van der Waals surface area contributed by atoms with Crippen LogP contribution in [0.4, 0.5) is 0 Å². The number of allylic oxidation sites excluding steroid dienone is 23. The van der Waals surface area contributed by atoms with E-state index in [2.05, 4.69) is 167 Å². The summed E-state index contributed by atoms with van der Waals surface area (Å²) in [6.45, 7) is 7.20.